The van der Waals surface area contributed by atoms with Gasteiger partial charge in [-0.3, -0.25) is 4.79 Å². The summed E-state index contributed by atoms with van der Waals surface area (Å²) in [5, 5.41) is 0. The minimum absolute atomic E-state index is 0.214. The molecule has 8 heteroatoms. The normalized spacial score (nSPS) is 17.3. The van der Waals surface area contributed by atoms with E-state index in [1.165, 1.54) is 19.2 Å². The van der Waals surface area contributed by atoms with Gasteiger partial charge in [0.1, 0.15) is 11.4 Å². The minimum atomic E-state index is -4.44. The standard InChI is InChI=1S/C20H19F3N2O3/c1-28-19(27)16-5-2-10-24-18(16)25-11-3-4-14(12-25)17(26)13-6-8-15(9-7-13)20(21,22)23/h2,5-10,14H,3-4,11-12H2,1H3/t14-/m1/s1. The lowest BCUT2D eigenvalue weighted by molar-refractivity contribution is -0.137. The number of Topliss-reactive ketones (excluding diaryl/α,β-unsaturated/α-hetero) is 1. The van der Waals surface area contributed by atoms with Crippen LogP contribution in [0.1, 0.15) is 39.1 Å². The Kier molecular flexibility index (Phi) is 5.67. The molecule has 2 heterocycles. The fourth-order valence-corrected chi connectivity index (χ4v) is 3.36. The summed E-state index contributed by atoms with van der Waals surface area (Å²) in [6.45, 7) is 0.957. The Labute approximate surface area is 160 Å². The summed E-state index contributed by atoms with van der Waals surface area (Å²) >= 11 is 0. The highest BCUT2D eigenvalue weighted by molar-refractivity contribution is 5.99. The van der Waals surface area contributed by atoms with Gasteiger partial charge in [0.15, 0.2) is 5.78 Å². The van der Waals surface area contributed by atoms with Crippen molar-refractivity contribution in [1.82, 2.24) is 4.98 Å². The average Bonchev–Trinajstić information content (AvgIpc) is 2.72. The van der Waals surface area contributed by atoms with Gasteiger partial charge in [0.2, 0.25) is 0 Å². The molecule has 148 valence electrons. The molecule has 1 saturated heterocycles. The van der Waals surface area contributed by atoms with Crippen molar-refractivity contribution in [2.24, 2.45) is 5.92 Å². The highest BCUT2D eigenvalue weighted by Crippen LogP contribution is 2.31. The second kappa shape index (κ2) is 8.00. The number of hydrogen-bond acceptors (Lipinski definition) is 5. The van der Waals surface area contributed by atoms with Crippen LogP contribution in [0.25, 0.3) is 0 Å². The lowest BCUT2D eigenvalue weighted by atomic mass is 9.89. The third kappa shape index (κ3) is 4.16. The van der Waals surface area contributed by atoms with E-state index in [9.17, 15) is 22.8 Å². The summed E-state index contributed by atoms with van der Waals surface area (Å²) < 4.78 is 42.9. The van der Waals surface area contributed by atoms with E-state index in [1.807, 2.05) is 4.90 Å². The van der Waals surface area contributed by atoms with Crippen LogP contribution in [0.15, 0.2) is 42.6 Å². The molecule has 1 aromatic heterocycles. The van der Waals surface area contributed by atoms with Gasteiger partial charge in [-0.15, -0.1) is 0 Å². The number of ketones is 1. The number of halogens is 3. The van der Waals surface area contributed by atoms with E-state index in [4.69, 9.17) is 4.74 Å². The van der Waals surface area contributed by atoms with E-state index < -0.39 is 23.6 Å². The van der Waals surface area contributed by atoms with Gasteiger partial charge >= 0.3 is 12.1 Å². The van der Waals surface area contributed by atoms with E-state index in [0.29, 0.717) is 37.3 Å². The summed E-state index contributed by atoms with van der Waals surface area (Å²) in [5.74, 6) is -0.675. The van der Waals surface area contributed by atoms with Crippen LogP contribution in [0, 0.1) is 5.92 Å². The fraction of sp³-hybridized carbons (Fsp3) is 0.350. The van der Waals surface area contributed by atoms with Crippen LogP contribution in [-0.2, 0) is 10.9 Å². The topological polar surface area (TPSA) is 59.5 Å². The SMILES string of the molecule is COC(=O)c1cccnc1N1CCC[C@@H](C(=O)c2ccc(C(F)(F)F)cc2)C1. The number of rotatable bonds is 4. The summed E-state index contributed by atoms with van der Waals surface area (Å²) in [6, 6.07) is 7.50. The minimum Gasteiger partial charge on any atom is -0.465 e. The first-order chi connectivity index (χ1) is 13.3. The molecule has 0 spiro atoms. The van der Waals surface area contributed by atoms with Crippen molar-refractivity contribution in [3.8, 4) is 0 Å². The van der Waals surface area contributed by atoms with Gasteiger partial charge in [-0.25, -0.2) is 9.78 Å². The zero-order chi connectivity index (χ0) is 20.3. The number of carbonyl (C=O) groups excluding carboxylic acids is 2. The number of esters is 1. The van der Waals surface area contributed by atoms with E-state index in [0.717, 1.165) is 12.1 Å². The van der Waals surface area contributed by atoms with Crippen molar-refractivity contribution in [1.29, 1.82) is 0 Å². The van der Waals surface area contributed by atoms with Crippen LogP contribution >= 0.6 is 0 Å². The number of ether oxygens (including phenoxy) is 1. The highest BCUT2D eigenvalue weighted by atomic mass is 19.4. The molecule has 28 heavy (non-hydrogen) atoms. The van der Waals surface area contributed by atoms with Crippen LogP contribution in [0.3, 0.4) is 0 Å². The summed E-state index contributed by atoms with van der Waals surface area (Å²) in [5.41, 5.74) is -0.229. The van der Waals surface area contributed by atoms with Crippen molar-refractivity contribution < 1.29 is 27.5 Å². The lowest BCUT2D eigenvalue weighted by Gasteiger charge is -2.33. The Morgan fingerprint density at radius 2 is 1.89 bits per heavy atom. The maximum absolute atomic E-state index is 12.8. The summed E-state index contributed by atoms with van der Waals surface area (Å²) in [4.78, 5) is 30.9. The van der Waals surface area contributed by atoms with E-state index in [1.54, 1.807) is 18.3 Å². The number of alkyl halides is 3. The van der Waals surface area contributed by atoms with E-state index in [2.05, 4.69) is 4.98 Å². The van der Waals surface area contributed by atoms with Gasteiger partial charge in [0.25, 0.3) is 0 Å². The fourth-order valence-electron chi connectivity index (χ4n) is 3.36. The Morgan fingerprint density at radius 1 is 1.18 bits per heavy atom. The summed E-state index contributed by atoms with van der Waals surface area (Å²) in [6.07, 6.45) is -1.56. The third-order valence-electron chi connectivity index (χ3n) is 4.78. The highest BCUT2D eigenvalue weighted by Gasteiger charge is 2.32. The molecule has 0 N–H and O–H groups in total. The second-order valence-corrected chi connectivity index (χ2v) is 6.59. The predicted molar refractivity (Wildman–Crippen MR) is 96.3 cm³/mol. The second-order valence-electron chi connectivity index (χ2n) is 6.59. The van der Waals surface area contributed by atoms with Crippen LogP contribution in [0.5, 0.6) is 0 Å². The van der Waals surface area contributed by atoms with Gasteiger partial charge in [-0.1, -0.05) is 12.1 Å². The molecule has 5 nitrogen and oxygen atoms in total. The number of carbonyl (C=O) groups is 2. The molecule has 1 aliphatic rings. The Bertz CT molecular complexity index is 866. The number of anilines is 1. The predicted octanol–water partition coefficient (Wildman–Crippen LogP) is 3.99. The number of piperidine rings is 1. The average molecular weight is 392 g/mol. The first-order valence-electron chi connectivity index (χ1n) is 8.81. The number of pyridine rings is 1. The number of benzene rings is 1. The number of methoxy groups -OCH3 is 1. The maximum Gasteiger partial charge on any atom is 0.416 e. The zero-order valence-electron chi connectivity index (χ0n) is 15.2. The van der Waals surface area contributed by atoms with Gasteiger partial charge in [-0.05, 0) is 37.1 Å². The third-order valence-corrected chi connectivity index (χ3v) is 4.78. The van der Waals surface area contributed by atoms with Crippen molar-refractivity contribution >= 4 is 17.6 Å². The van der Waals surface area contributed by atoms with Crippen LogP contribution in [0.2, 0.25) is 0 Å². The molecule has 0 aliphatic carbocycles. The lowest BCUT2D eigenvalue weighted by Crippen LogP contribution is -2.40. The van der Waals surface area contributed by atoms with E-state index >= 15 is 0 Å². The van der Waals surface area contributed by atoms with Crippen molar-refractivity contribution in [2.75, 3.05) is 25.1 Å². The zero-order valence-corrected chi connectivity index (χ0v) is 15.2. The molecular weight excluding hydrogens is 373 g/mol. The quantitative estimate of drug-likeness (QED) is 0.582. The molecule has 1 fully saturated rings. The Morgan fingerprint density at radius 3 is 2.54 bits per heavy atom. The maximum atomic E-state index is 12.8. The first kappa shape index (κ1) is 19.9. The largest absolute Gasteiger partial charge is 0.465 e. The smallest absolute Gasteiger partial charge is 0.416 e. The molecule has 1 atom stereocenters. The molecule has 0 amide bonds. The molecule has 1 aromatic carbocycles. The molecule has 0 bridgehead atoms. The van der Waals surface area contributed by atoms with Crippen LogP contribution in [0.4, 0.5) is 19.0 Å². The van der Waals surface area contributed by atoms with Gasteiger partial charge in [0, 0.05) is 30.8 Å². The van der Waals surface area contributed by atoms with Crippen molar-refractivity contribution in [2.45, 2.75) is 19.0 Å². The molecule has 0 unspecified atom stereocenters. The van der Waals surface area contributed by atoms with Crippen LogP contribution < -0.4 is 4.90 Å². The molecule has 0 saturated carbocycles. The summed E-state index contributed by atoms with van der Waals surface area (Å²) in [7, 11) is 1.28. The molecule has 2 aromatic rings. The molecular formula is C20H19F3N2O3. The molecule has 3 rings (SSSR count). The number of aromatic nitrogens is 1. The first-order valence-corrected chi connectivity index (χ1v) is 8.81. The van der Waals surface area contributed by atoms with E-state index in [-0.39, 0.29) is 11.3 Å². The Hall–Kier alpha value is -2.90. The van der Waals surface area contributed by atoms with Gasteiger partial charge in [0.05, 0.1) is 12.7 Å². The Balaban J connectivity index is 1.79. The number of nitrogens with zero attached hydrogens (tertiary/aromatic N) is 2. The van der Waals surface area contributed by atoms with Crippen molar-refractivity contribution in [3.05, 3.63) is 59.3 Å². The molecule has 0 radical (unpaired) electrons. The van der Waals surface area contributed by atoms with Gasteiger partial charge < -0.3 is 9.64 Å². The van der Waals surface area contributed by atoms with Crippen LogP contribution in [-0.4, -0.2) is 36.9 Å². The monoisotopic (exact) mass is 392 g/mol. The number of hydrogen-bond donors (Lipinski definition) is 0. The van der Waals surface area contributed by atoms with Crippen molar-refractivity contribution in [3.63, 3.8) is 0 Å². The van der Waals surface area contributed by atoms with Gasteiger partial charge in [-0.2, -0.15) is 13.2 Å². The molecule has 1 aliphatic heterocycles.